The van der Waals surface area contributed by atoms with E-state index in [0.717, 1.165) is 17.5 Å². The van der Waals surface area contributed by atoms with Gasteiger partial charge in [-0.25, -0.2) is 4.79 Å². The third kappa shape index (κ3) is 3.61. The molecular weight excluding hydrogens is 254 g/mol. The van der Waals surface area contributed by atoms with Crippen LogP contribution in [0, 0.1) is 0 Å². The van der Waals surface area contributed by atoms with Gasteiger partial charge in [-0.15, -0.1) is 0 Å². The van der Waals surface area contributed by atoms with Crippen molar-refractivity contribution in [1.82, 2.24) is 5.32 Å². The van der Waals surface area contributed by atoms with Gasteiger partial charge < -0.3 is 14.8 Å². The Hall–Kier alpha value is -1.81. The Labute approximate surface area is 118 Å². The molecule has 0 saturated carbocycles. The Morgan fingerprint density at radius 3 is 2.90 bits per heavy atom. The summed E-state index contributed by atoms with van der Waals surface area (Å²) in [6, 6.07) is 7.84. The number of rotatable bonds is 7. The Morgan fingerprint density at radius 2 is 2.20 bits per heavy atom. The molecule has 2 N–H and O–H groups in total. The van der Waals surface area contributed by atoms with Gasteiger partial charge in [0.05, 0.1) is 0 Å². The SMILES string of the molecule is CCCCC(C)NCc1ccc2oc(C(=O)O)cc2c1. The summed E-state index contributed by atoms with van der Waals surface area (Å²) >= 11 is 0. The lowest BCUT2D eigenvalue weighted by Gasteiger charge is -2.13. The van der Waals surface area contributed by atoms with Crippen LogP contribution >= 0.6 is 0 Å². The Bertz CT molecular complexity index is 588. The number of hydrogen-bond acceptors (Lipinski definition) is 3. The highest BCUT2D eigenvalue weighted by atomic mass is 16.4. The fraction of sp³-hybridized carbons (Fsp3) is 0.438. The average molecular weight is 275 g/mol. The van der Waals surface area contributed by atoms with E-state index in [9.17, 15) is 4.79 Å². The van der Waals surface area contributed by atoms with Gasteiger partial charge >= 0.3 is 5.97 Å². The van der Waals surface area contributed by atoms with Gasteiger partial charge in [0.25, 0.3) is 0 Å². The van der Waals surface area contributed by atoms with Crippen LogP contribution in [-0.2, 0) is 6.54 Å². The topological polar surface area (TPSA) is 62.5 Å². The van der Waals surface area contributed by atoms with E-state index < -0.39 is 5.97 Å². The highest BCUT2D eigenvalue weighted by Gasteiger charge is 2.10. The minimum absolute atomic E-state index is 0.0126. The molecule has 1 aromatic heterocycles. The standard InChI is InChI=1S/C16H21NO3/c1-3-4-5-11(2)17-10-12-6-7-14-13(8-12)9-15(20-14)16(18)19/h6-9,11,17H,3-5,10H2,1-2H3,(H,18,19). The fourth-order valence-corrected chi connectivity index (χ4v) is 2.21. The van der Waals surface area contributed by atoms with Crippen molar-refractivity contribution in [2.24, 2.45) is 0 Å². The van der Waals surface area contributed by atoms with E-state index in [-0.39, 0.29) is 5.76 Å². The average Bonchev–Trinajstić information content (AvgIpc) is 2.86. The number of hydrogen-bond donors (Lipinski definition) is 2. The molecular formula is C16H21NO3. The van der Waals surface area contributed by atoms with Gasteiger partial charge in [-0.3, -0.25) is 0 Å². The number of carboxylic acid groups (broad SMARTS) is 1. The second kappa shape index (κ2) is 6.57. The molecule has 0 aliphatic rings. The van der Waals surface area contributed by atoms with Crippen LogP contribution < -0.4 is 5.32 Å². The zero-order valence-electron chi connectivity index (χ0n) is 12.0. The number of carbonyl (C=O) groups is 1. The van der Waals surface area contributed by atoms with E-state index in [1.54, 1.807) is 6.07 Å². The molecule has 20 heavy (non-hydrogen) atoms. The van der Waals surface area contributed by atoms with E-state index >= 15 is 0 Å². The smallest absolute Gasteiger partial charge is 0.371 e. The zero-order valence-corrected chi connectivity index (χ0v) is 12.0. The minimum Gasteiger partial charge on any atom is -0.475 e. The van der Waals surface area contributed by atoms with E-state index in [1.807, 2.05) is 18.2 Å². The van der Waals surface area contributed by atoms with Crippen LogP contribution in [0.15, 0.2) is 28.7 Å². The van der Waals surface area contributed by atoms with Gasteiger partial charge in [0.2, 0.25) is 5.76 Å². The Morgan fingerprint density at radius 1 is 1.40 bits per heavy atom. The molecule has 1 atom stereocenters. The Kier molecular flexibility index (Phi) is 4.79. The van der Waals surface area contributed by atoms with Crippen molar-refractivity contribution in [2.75, 3.05) is 0 Å². The van der Waals surface area contributed by atoms with E-state index in [1.165, 1.54) is 19.3 Å². The monoisotopic (exact) mass is 275 g/mol. The maximum absolute atomic E-state index is 10.9. The molecule has 0 spiro atoms. The molecule has 2 rings (SSSR count). The highest BCUT2D eigenvalue weighted by molar-refractivity contribution is 5.91. The van der Waals surface area contributed by atoms with Crippen molar-refractivity contribution < 1.29 is 14.3 Å². The summed E-state index contributed by atoms with van der Waals surface area (Å²) in [7, 11) is 0. The summed E-state index contributed by atoms with van der Waals surface area (Å²) in [5.74, 6) is -1.05. The molecule has 0 amide bonds. The van der Waals surface area contributed by atoms with Crippen molar-refractivity contribution in [1.29, 1.82) is 0 Å². The number of nitrogens with one attached hydrogen (secondary N) is 1. The molecule has 2 aromatic rings. The highest BCUT2D eigenvalue weighted by Crippen LogP contribution is 2.21. The van der Waals surface area contributed by atoms with Crippen molar-refractivity contribution in [3.05, 3.63) is 35.6 Å². The second-order valence-corrected chi connectivity index (χ2v) is 5.21. The molecule has 108 valence electrons. The van der Waals surface area contributed by atoms with Gasteiger partial charge in [-0.1, -0.05) is 25.8 Å². The third-order valence-corrected chi connectivity index (χ3v) is 3.44. The molecule has 0 aliphatic heterocycles. The number of aromatic carboxylic acids is 1. The minimum atomic E-state index is -1.03. The first-order chi connectivity index (χ1) is 9.60. The van der Waals surface area contributed by atoms with Gasteiger partial charge in [0, 0.05) is 18.0 Å². The van der Waals surface area contributed by atoms with Crippen LogP contribution in [0.2, 0.25) is 0 Å². The summed E-state index contributed by atoms with van der Waals surface area (Å²) in [4.78, 5) is 10.9. The van der Waals surface area contributed by atoms with Crippen LogP contribution in [0.3, 0.4) is 0 Å². The number of furan rings is 1. The van der Waals surface area contributed by atoms with Crippen LogP contribution in [0.25, 0.3) is 11.0 Å². The molecule has 4 nitrogen and oxygen atoms in total. The van der Waals surface area contributed by atoms with Crippen LogP contribution in [-0.4, -0.2) is 17.1 Å². The number of fused-ring (bicyclic) bond motifs is 1. The van der Waals surface area contributed by atoms with E-state index in [0.29, 0.717) is 11.6 Å². The molecule has 1 unspecified atom stereocenters. The summed E-state index contributed by atoms with van der Waals surface area (Å²) in [6.45, 7) is 5.17. The van der Waals surface area contributed by atoms with Gasteiger partial charge in [-0.2, -0.15) is 0 Å². The molecule has 0 bridgehead atoms. The van der Waals surface area contributed by atoms with Crippen LogP contribution in [0.5, 0.6) is 0 Å². The van der Waals surface area contributed by atoms with Crippen molar-refractivity contribution in [2.45, 2.75) is 45.7 Å². The second-order valence-electron chi connectivity index (χ2n) is 5.21. The normalized spacial score (nSPS) is 12.7. The Balaban J connectivity index is 2.02. The summed E-state index contributed by atoms with van der Waals surface area (Å²) in [5.41, 5.74) is 1.75. The predicted octanol–water partition coefficient (Wildman–Crippen LogP) is 3.80. The quantitative estimate of drug-likeness (QED) is 0.806. The fourth-order valence-electron chi connectivity index (χ4n) is 2.21. The molecule has 1 aromatic carbocycles. The van der Waals surface area contributed by atoms with Crippen molar-refractivity contribution >= 4 is 16.9 Å². The van der Waals surface area contributed by atoms with Crippen molar-refractivity contribution in [3.8, 4) is 0 Å². The third-order valence-electron chi connectivity index (χ3n) is 3.44. The first kappa shape index (κ1) is 14.6. The zero-order chi connectivity index (χ0) is 14.5. The van der Waals surface area contributed by atoms with Gasteiger partial charge in [0.15, 0.2) is 0 Å². The molecule has 0 saturated heterocycles. The maximum atomic E-state index is 10.9. The molecule has 0 fully saturated rings. The van der Waals surface area contributed by atoms with Crippen molar-refractivity contribution in [3.63, 3.8) is 0 Å². The summed E-state index contributed by atoms with van der Waals surface area (Å²) in [6.07, 6.45) is 3.62. The number of benzene rings is 1. The lowest BCUT2D eigenvalue weighted by atomic mass is 10.1. The van der Waals surface area contributed by atoms with Crippen LogP contribution in [0.4, 0.5) is 0 Å². The maximum Gasteiger partial charge on any atom is 0.371 e. The largest absolute Gasteiger partial charge is 0.475 e. The molecule has 1 heterocycles. The lowest BCUT2D eigenvalue weighted by Crippen LogP contribution is -2.25. The summed E-state index contributed by atoms with van der Waals surface area (Å²) in [5, 5.41) is 13.2. The molecule has 0 radical (unpaired) electrons. The summed E-state index contributed by atoms with van der Waals surface area (Å²) < 4.78 is 5.24. The molecule has 4 heteroatoms. The first-order valence-corrected chi connectivity index (χ1v) is 7.09. The van der Waals surface area contributed by atoms with Gasteiger partial charge in [0.1, 0.15) is 5.58 Å². The first-order valence-electron chi connectivity index (χ1n) is 7.09. The van der Waals surface area contributed by atoms with E-state index in [2.05, 4.69) is 19.2 Å². The lowest BCUT2D eigenvalue weighted by molar-refractivity contribution is 0.0665. The van der Waals surface area contributed by atoms with E-state index in [4.69, 9.17) is 9.52 Å². The number of unbranched alkanes of at least 4 members (excludes halogenated alkanes) is 1. The van der Waals surface area contributed by atoms with Gasteiger partial charge in [-0.05, 0) is 37.1 Å². The predicted molar refractivity (Wildman–Crippen MR) is 79.0 cm³/mol. The number of carboxylic acids is 1. The molecule has 0 aliphatic carbocycles. The van der Waals surface area contributed by atoms with Crippen LogP contribution in [0.1, 0.15) is 49.2 Å².